The van der Waals surface area contributed by atoms with E-state index in [9.17, 15) is 13.2 Å². The molecule has 0 aromatic carbocycles. The van der Waals surface area contributed by atoms with Crippen LogP contribution in [-0.4, -0.2) is 31.3 Å². The predicted octanol–water partition coefficient (Wildman–Crippen LogP) is 3.23. The van der Waals surface area contributed by atoms with E-state index in [2.05, 4.69) is 10.3 Å². The molecule has 19 heavy (non-hydrogen) atoms. The monoisotopic (exact) mass is 295 g/mol. The lowest BCUT2D eigenvalue weighted by molar-refractivity contribution is -0.119. The van der Waals surface area contributed by atoms with Gasteiger partial charge in [0.25, 0.3) is 0 Å². The van der Waals surface area contributed by atoms with Crippen molar-refractivity contribution in [2.24, 2.45) is 0 Å². The second-order valence-corrected chi connectivity index (χ2v) is 4.70. The van der Waals surface area contributed by atoms with Crippen LogP contribution in [0.15, 0.2) is 12.3 Å². The smallest absolute Gasteiger partial charge is 0.349 e. The molecule has 0 amide bonds. The summed E-state index contributed by atoms with van der Waals surface area (Å²) in [5, 5.41) is 3.40. The summed E-state index contributed by atoms with van der Waals surface area (Å²) in [6.45, 7) is 2.44. The van der Waals surface area contributed by atoms with Gasteiger partial charge in [0, 0.05) is 19.8 Å². The zero-order valence-corrected chi connectivity index (χ0v) is 11.6. The molecule has 0 radical (unpaired) electrons. The average Bonchev–Trinajstić information content (AvgIpc) is 2.27. The highest BCUT2D eigenvalue weighted by Crippen LogP contribution is 2.26. The van der Waals surface area contributed by atoms with Gasteiger partial charge in [0.1, 0.15) is 12.4 Å². The standard InChI is InChI=1S/C12H17ClF3N3/c1-3-4-17-6-9-5-10(13)11(18-7-9)19(2)8-12(14,15)16/h5,7,17H,3-4,6,8H2,1-2H3. The highest BCUT2D eigenvalue weighted by molar-refractivity contribution is 6.33. The van der Waals surface area contributed by atoms with E-state index in [1.807, 2.05) is 6.92 Å². The SMILES string of the molecule is CCCNCc1cnc(N(C)CC(F)(F)F)c(Cl)c1. The molecule has 3 nitrogen and oxygen atoms in total. The maximum Gasteiger partial charge on any atom is 0.405 e. The number of aromatic nitrogens is 1. The Morgan fingerprint density at radius 3 is 2.63 bits per heavy atom. The van der Waals surface area contributed by atoms with Crippen LogP contribution < -0.4 is 10.2 Å². The van der Waals surface area contributed by atoms with Gasteiger partial charge in [-0.1, -0.05) is 18.5 Å². The minimum absolute atomic E-state index is 0.137. The largest absolute Gasteiger partial charge is 0.405 e. The number of nitrogens with one attached hydrogen (secondary N) is 1. The molecular formula is C12H17ClF3N3. The van der Waals surface area contributed by atoms with Crippen molar-refractivity contribution in [1.82, 2.24) is 10.3 Å². The molecule has 1 N–H and O–H groups in total. The lowest BCUT2D eigenvalue weighted by atomic mass is 10.2. The Morgan fingerprint density at radius 1 is 1.42 bits per heavy atom. The molecule has 7 heteroatoms. The van der Waals surface area contributed by atoms with Crippen LogP contribution in [0.3, 0.4) is 0 Å². The third-order valence-electron chi connectivity index (χ3n) is 2.41. The molecule has 0 aliphatic heterocycles. The summed E-state index contributed by atoms with van der Waals surface area (Å²) >= 11 is 5.97. The summed E-state index contributed by atoms with van der Waals surface area (Å²) in [5.74, 6) is 0.137. The molecule has 0 saturated heterocycles. The van der Waals surface area contributed by atoms with Gasteiger partial charge in [0.2, 0.25) is 0 Å². The minimum Gasteiger partial charge on any atom is -0.349 e. The molecule has 0 saturated carbocycles. The molecule has 1 aromatic heterocycles. The van der Waals surface area contributed by atoms with Gasteiger partial charge >= 0.3 is 6.18 Å². The van der Waals surface area contributed by atoms with Crippen LogP contribution in [0.5, 0.6) is 0 Å². The van der Waals surface area contributed by atoms with Crippen molar-refractivity contribution in [1.29, 1.82) is 0 Å². The number of nitrogens with zero attached hydrogens (tertiary/aromatic N) is 2. The fraction of sp³-hybridized carbons (Fsp3) is 0.583. The summed E-state index contributed by atoms with van der Waals surface area (Å²) in [5.41, 5.74) is 0.850. The van der Waals surface area contributed by atoms with Crippen molar-refractivity contribution in [3.05, 3.63) is 22.8 Å². The fourth-order valence-electron chi connectivity index (χ4n) is 1.60. The van der Waals surface area contributed by atoms with Gasteiger partial charge < -0.3 is 10.2 Å². The molecule has 0 bridgehead atoms. The number of rotatable bonds is 6. The highest BCUT2D eigenvalue weighted by Gasteiger charge is 2.30. The van der Waals surface area contributed by atoms with E-state index in [0.717, 1.165) is 23.4 Å². The van der Waals surface area contributed by atoms with Crippen LogP contribution in [-0.2, 0) is 6.54 Å². The summed E-state index contributed by atoms with van der Waals surface area (Å²) in [6, 6.07) is 1.64. The molecule has 0 fully saturated rings. The zero-order valence-electron chi connectivity index (χ0n) is 10.9. The van der Waals surface area contributed by atoms with E-state index >= 15 is 0 Å². The third kappa shape index (κ3) is 5.65. The van der Waals surface area contributed by atoms with E-state index in [1.165, 1.54) is 13.2 Å². The first-order chi connectivity index (χ1) is 8.83. The number of hydrogen-bond acceptors (Lipinski definition) is 3. The predicted molar refractivity (Wildman–Crippen MR) is 70.6 cm³/mol. The lowest BCUT2D eigenvalue weighted by Gasteiger charge is -2.21. The first-order valence-corrected chi connectivity index (χ1v) is 6.34. The molecule has 0 aliphatic carbocycles. The Morgan fingerprint density at radius 2 is 2.11 bits per heavy atom. The normalized spacial score (nSPS) is 11.7. The van der Waals surface area contributed by atoms with Crippen LogP contribution in [0.1, 0.15) is 18.9 Å². The van der Waals surface area contributed by atoms with E-state index in [0.29, 0.717) is 6.54 Å². The van der Waals surface area contributed by atoms with Crippen LogP contribution in [0.4, 0.5) is 19.0 Å². The Bertz CT molecular complexity index is 410. The second kappa shape index (κ2) is 6.96. The Hall–Kier alpha value is -1.01. The van der Waals surface area contributed by atoms with Crippen molar-refractivity contribution in [3.8, 4) is 0 Å². The van der Waals surface area contributed by atoms with Crippen LogP contribution in [0.25, 0.3) is 0 Å². The molecule has 1 heterocycles. The first kappa shape index (κ1) is 16.0. The Kier molecular flexibility index (Phi) is 5.87. The summed E-state index contributed by atoms with van der Waals surface area (Å²) in [4.78, 5) is 4.99. The van der Waals surface area contributed by atoms with E-state index in [-0.39, 0.29) is 10.8 Å². The lowest BCUT2D eigenvalue weighted by Crippen LogP contribution is -2.31. The summed E-state index contributed by atoms with van der Waals surface area (Å²) < 4.78 is 36.9. The van der Waals surface area contributed by atoms with Crippen LogP contribution in [0, 0.1) is 0 Å². The van der Waals surface area contributed by atoms with Gasteiger partial charge in [-0.2, -0.15) is 13.2 Å². The summed E-state index contributed by atoms with van der Waals surface area (Å²) in [7, 11) is 1.32. The summed E-state index contributed by atoms with van der Waals surface area (Å²) in [6.07, 6.45) is -1.73. The van der Waals surface area contributed by atoms with E-state index in [1.54, 1.807) is 6.07 Å². The quantitative estimate of drug-likeness (QED) is 0.817. The van der Waals surface area contributed by atoms with Crippen molar-refractivity contribution < 1.29 is 13.2 Å². The first-order valence-electron chi connectivity index (χ1n) is 5.96. The topological polar surface area (TPSA) is 28.2 Å². The third-order valence-corrected chi connectivity index (χ3v) is 2.69. The molecule has 0 atom stereocenters. The van der Waals surface area contributed by atoms with Crippen molar-refractivity contribution >= 4 is 17.4 Å². The van der Waals surface area contributed by atoms with Gasteiger partial charge in [-0.05, 0) is 24.6 Å². The molecule has 0 unspecified atom stereocenters. The highest BCUT2D eigenvalue weighted by atomic mass is 35.5. The zero-order chi connectivity index (χ0) is 14.5. The van der Waals surface area contributed by atoms with Gasteiger partial charge in [-0.25, -0.2) is 4.98 Å². The molecule has 1 rings (SSSR count). The minimum atomic E-state index is -4.28. The van der Waals surface area contributed by atoms with Gasteiger partial charge in [-0.3, -0.25) is 0 Å². The Balaban J connectivity index is 2.71. The number of alkyl halides is 3. The fourth-order valence-corrected chi connectivity index (χ4v) is 1.93. The van der Waals surface area contributed by atoms with Crippen molar-refractivity contribution in [2.75, 3.05) is 25.0 Å². The second-order valence-electron chi connectivity index (χ2n) is 4.30. The van der Waals surface area contributed by atoms with Crippen molar-refractivity contribution in [3.63, 3.8) is 0 Å². The van der Waals surface area contributed by atoms with Crippen molar-refractivity contribution in [2.45, 2.75) is 26.1 Å². The molecular weight excluding hydrogens is 279 g/mol. The maximum atomic E-state index is 12.3. The molecule has 108 valence electrons. The van der Waals surface area contributed by atoms with Gasteiger partial charge in [-0.15, -0.1) is 0 Å². The van der Waals surface area contributed by atoms with Gasteiger partial charge in [0.15, 0.2) is 0 Å². The van der Waals surface area contributed by atoms with E-state index in [4.69, 9.17) is 11.6 Å². The maximum absolute atomic E-state index is 12.3. The van der Waals surface area contributed by atoms with E-state index < -0.39 is 12.7 Å². The Labute approximate surface area is 115 Å². The van der Waals surface area contributed by atoms with Gasteiger partial charge in [0.05, 0.1) is 5.02 Å². The average molecular weight is 296 g/mol. The number of hydrogen-bond donors (Lipinski definition) is 1. The number of halogens is 4. The molecule has 0 aliphatic rings. The number of pyridine rings is 1. The van der Waals surface area contributed by atoms with Crippen LogP contribution >= 0.6 is 11.6 Å². The number of anilines is 1. The molecule has 0 spiro atoms. The molecule has 1 aromatic rings. The van der Waals surface area contributed by atoms with Crippen LogP contribution in [0.2, 0.25) is 5.02 Å².